The molecular weight excluding hydrogens is 373 g/mol. The van der Waals surface area contributed by atoms with Crippen LogP contribution in [0.4, 0.5) is 4.39 Å². The number of hydrogen-bond acceptors (Lipinski definition) is 4. The van der Waals surface area contributed by atoms with Crippen molar-refractivity contribution >= 4 is 39.1 Å². The maximum atomic E-state index is 13.1. The zero-order chi connectivity index (χ0) is 16.1. The first kappa shape index (κ1) is 16.6. The number of benzene rings is 1. The fourth-order valence-electron chi connectivity index (χ4n) is 1.87. The normalized spacial score (nSPS) is 11.8. The van der Waals surface area contributed by atoms with Crippen molar-refractivity contribution in [3.05, 3.63) is 56.4 Å². The molecule has 0 radical (unpaired) electrons. The highest BCUT2D eigenvalue weighted by Crippen LogP contribution is 2.24. The molecule has 1 amide bonds. The lowest BCUT2D eigenvalue weighted by molar-refractivity contribution is -0.141. The molecule has 0 saturated heterocycles. The number of thiophene rings is 1. The first-order valence-corrected chi connectivity index (χ1v) is 8.04. The molecule has 1 N–H and O–H groups in total. The van der Waals surface area contributed by atoms with Gasteiger partial charge in [-0.05, 0) is 45.6 Å². The predicted molar refractivity (Wildman–Crippen MR) is 85.3 cm³/mol. The van der Waals surface area contributed by atoms with Gasteiger partial charge in [0.2, 0.25) is 0 Å². The number of methoxy groups -OCH3 is 1. The number of halogens is 2. The molecule has 1 atom stereocenters. The SMILES string of the molecule is COC(=O)CC(NC(=O)c1ccc(F)cc1Br)c1cccs1. The van der Waals surface area contributed by atoms with E-state index >= 15 is 0 Å². The highest BCUT2D eigenvalue weighted by Gasteiger charge is 2.21. The van der Waals surface area contributed by atoms with Gasteiger partial charge in [-0.25, -0.2) is 4.39 Å². The van der Waals surface area contributed by atoms with Crippen LogP contribution in [0.15, 0.2) is 40.2 Å². The molecule has 1 aromatic heterocycles. The summed E-state index contributed by atoms with van der Waals surface area (Å²) in [7, 11) is 1.30. The first-order chi connectivity index (χ1) is 10.5. The van der Waals surface area contributed by atoms with Crippen molar-refractivity contribution in [1.82, 2.24) is 5.32 Å². The first-order valence-electron chi connectivity index (χ1n) is 6.37. The Morgan fingerprint density at radius 2 is 2.18 bits per heavy atom. The van der Waals surface area contributed by atoms with Crippen molar-refractivity contribution in [3.8, 4) is 0 Å². The monoisotopic (exact) mass is 385 g/mol. The van der Waals surface area contributed by atoms with Crippen LogP contribution in [0.1, 0.15) is 27.7 Å². The summed E-state index contributed by atoms with van der Waals surface area (Å²) in [5, 5.41) is 4.64. The van der Waals surface area contributed by atoms with Gasteiger partial charge in [-0.15, -0.1) is 11.3 Å². The van der Waals surface area contributed by atoms with Gasteiger partial charge in [0.15, 0.2) is 0 Å². The number of esters is 1. The van der Waals surface area contributed by atoms with Gasteiger partial charge in [-0.3, -0.25) is 9.59 Å². The second-order valence-electron chi connectivity index (χ2n) is 4.45. The molecule has 1 aromatic carbocycles. The highest BCUT2D eigenvalue weighted by molar-refractivity contribution is 9.10. The second kappa shape index (κ2) is 7.51. The van der Waals surface area contributed by atoms with E-state index in [1.54, 1.807) is 0 Å². The van der Waals surface area contributed by atoms with Gasteiger partial charge in [0.1, 0.15) is 5.82 Å². The van der Waals surface area contributed by atoms with Crippen LogP contribution >= 0.6 is 27.3 Å². The molecule has 22 heavy (non-hydrogen) atoms. The third-order valence-corrected chi connectivity index (χ3v) is 4.61. The molecule has 4 nitrogen and oxygen atoms in total. The number of rotatable bonds is 5. The van der Waals surface area contributed by atoms with Crippen LogP contribution in [-0.2, 0) is 9.53 Å². The minimum absolute atomic E-state index is 0.0293. The summed E-state index contributed by atoms with van der Waals surface area (Å²) in [6, 6.07) is 6.99. The Morgan fingerprint density at radius 1 is 1.41 bits per heavy atom. The van der Waals surface area contributed by atoms with Gasteiger partial charge in [0.25, 0.3) is 5.91 Å². The number of amides is 1. The number of hydrogen-bond donors (Lipinski definition) is 1. The molecule has 0 aliphatic heterocycles. The summed E-state index contributed by atoms with van der Waals surface area (Å²) in [6.45, 7) is 0. The Balaban J connectivity index is 2.19. The highest BCUT2D eigenvalue weighted by atomic mass is 79.9. The quantitative estimate of drug-likeness (QED) is 0.798. The zero-order valence-corrected chi connectivity index (χ0v) is 14.0. The predicted octanol–water partition coefficient (Wildman–Crippen LogP) is 3.68. The van der Waals surface area contributed by atoms with Gasteiger partial charge in [-0.1, -0.05) is 6.07 Å². The number of carbonyl (C=O) groups is 2. The van der Waals surface area contributed by atoms with E-state index in [0.717, 1.165) is 4.88 Å². The molecule has 0 fully saturated rings. The minimum atomic E-state index is -0.489. The fourth-order valence-corrected chi connectivity index (χ4v) is 3.18. The number of nitrogens with one attached hydrogen (secondary N) is 1. The standard InChI is InChI=1S/C15H13BrFNO3S/c1-21-14(19)8-12(13-3-2-6-22-13)18-15(20)10-5-4-9(17)7-11(10)16/h2-7,12H,8H2,1H3,(H,18,20). The molecule has 2 aromatic rings. The van der Waals surface area contributed by atoms with Gasteiger partial charge in [0, 0.05) is 9.35 Å². The Labute approximate surface area is 139 Å². The van der Waals surface area contributed by atoms with Crippen LogP contribution in [-0.4, -0.2) is 19.0 Å². The van der Waals surface area contributed by atoms with Crippen LogP contribution in [0.25, 0.3) is 0 Å². The van der Waals surface area contributed by atoms with Crippen molar-refractivity contribution in [2.24, 2.45) is 0 Å². The number of carbonyl (C=O) groups excluding carboxylic acids is 2. The summed E-state index contributed by atoms with van der Waals surface area (Å²) < 4.78 is 18.1. The van der Waals surface area contributed by atoms with Crippen LogP contribution in [0.2, 0.25) is 0 Å². The van der Waals surface area contributed by atoms with E-state index in [0.29, 0.717) is 10.0 Å². The average Bonchev–Trinajstić information content (AvgIpc) is 3.00. The van der Waals surface area contributed by atoms with Gasteiger partial charge < -0.3 is 10.1 Å². The van der Waals surface area contributed by atoms with E-state index in [9.17, 15) is 14.0 Å². The molecule has 1 heterocycles. The zero-order valence-electron chi connectivity index (χ0n) is 11.6. The van der Waals surface area contributed by atoms with Crippen molar-refractivity contribution in [2.45, 2.75) is 12.5 Å². The molecule has 2 rings (SSSR count). The summed E-state index contributed by atoms with van der Waals surface area (Å²) in [4.78, 5) is 24.7. The Morgan fingerprint density at radius 3 is 2.77 bits per heavy atom. The lowest BCUT2D eigenvalue weighted by Gasteiger charge is -2.17. The molecule has 7 heteroatoms. The molecule has 0 aliphatic rings. The minimum Gasteiger partial charge on any atom is -0.469 e. The van der Waals surface area contributed by atoms with Crippen LogP contribution < -0.4 is 5.32 Å². The largest absolute Gasteiger partial charge is 0.469 e. The Hall–Kier alpha value is -1.73. The second-order valence-corrected chi connectivity index (χ2v) is 6.28. The van der Waals surface area contributed by atoms with E-state index in [-0.39, 0.29) is 6.42 Å². The summed E-state index contributed by atoms with van der Waals surface area (Å²) in [5.74, 6) is -1.25. The topological polar surface area (TPSA) is 55.4 Å². The lowest BCUT2D eigenvalue weighted by atomic mass is 10.1. The summed E-state index contributed by atoms with van der Waals surface area (Å²) in [5.41, 5.74) is 0.299. The van der Waals surface area contributed by atoms with Crippen molar-refractivity contribution in [3.63, 3.8) is 0 Å². The smallest absolute Gasteiger partial charge is 0.307 e. The molecule has 1 unspecified atom stereocenters. The van der Waals surface area contributed by atoms with Crippen LogP contribution in [0.5, 0.6) is 0 Å². The van der Waals surface area contributed by atoms with E-state index < -0.39 is 23.7 Å². The molecule has 0 bridgehead atoms. The Kier molecular flexibility index (Phi) is 5.68. The molecular formula is C15H13BrFNO3S. The molecule has 0 saturated carbocycles. The van der Waals surface area contributed by atoms with E-state index in [1.165, 1.54) is 36.6 Å². The lowest BCUT2D eigenvalue weighted by Crippen LogP contribution is -2.30. The maximum absolute atomic E-state index is 13.1. The van der Waals surface area contributed by atoms with E-state index in [2.05, 4.69) is 26.0 Å². The van der Waals surface area contributed by atoms with Crippen LogP contribution in [0, 0.1) is 5.82 Å². The number of ether oxygens (including phenoxy) is 1. The fraction of sp³-hybridized carbons (Fsp3) is 0.200. The average molecular weight is 386 g/mol. The van der Waals surface area contributed by atoms with Gasteiger partial charge in [0.05, 0.1) is 25.1 Å². The van der Waals surface area contributed by atoms with Gasteiger partial charge in [-0.2, -0.15) is 0 Å². The Bertz CT molecular complexity index is 675. The van der Waals surface area contributed by atoms with Crippen molar-refractivity contribution < 1.29 is 18.7 Å². The van der Waals surface area contributed by atoms with Crippen molar-refractivity contribution in [1.29, 1.82) is 0 Å². The third-order valence-electron chi connectivity index (χ3n) is 2.97. The maximum Gasteiger partial charge on any atom is 0.307 e. The third kappa shape index (κ3) is 4.14. The summed E-state index contributed by atoms with van der Waals surface area (Å²) in [6.07, 6.45) is 0.0293. The molecule has 0 aliphatic carbocycles. The van der Waals surface area contributed by atoms with E-state index in [1.807, 2.05) is 17.5 Å². The van der Waals surface area contributed by atoms with E-state index in [4.69, 9.17) is 0 Å². The van der Waals surface area contributed by atoms with Crippen molar-refractivity contribution in [2.75, 3.05) is 7.11 Å². The van der Waals surface area contributed by atoms with Gasteiger partial charge >= 0.3 is 5.97 Å². The molecule has 0 spiro atoms. The van der Waals surface area contributed by atoms with Crippen LogP contribution in [0.3, 0.4) is 0 Å². The molecule has 116 valence electrons. The summed E-state index contributed by atoms with van der Waals surface area (Å²) >= 11 is 4.59.